The zero-order valence-electron chi connectivity index (χ0n) is 10.3. The number of nitrogens with zero attached hydrogens (tertiary/aromatic N) is 1. The summed E-state index contributed by atoms with van der Waals surface area (Å²) < 4.78 is 0. The van der Waals surface area contributed by atoms with E-state index < -0.39 is 6.04 Å². The highest BCUT2D eigenvalue weighted by Crippen LogP contribution is 2.23. The Hall–Kier alpha value is -1.05. The van der Waals surface area contributed by atoms with E-state index in [1.807, 2.05) is 0 Å². The van der Waals surface area contributed by atoms with Crippen molar-refractivity contribution >= 4 is 5.91 Å². The number of aliphatic hydroxyl groups is 1. The van der Waals surface area contributed by atoms with Gasteiger partial charge in [-0.05, 0) is 12.8 Å². The Kier molecular flexibility index (Phi) is 6.03. The Morgan fingerprint density at radius 1 is 1.47 bits per heavy atom. The molecule has 3 N–H and O–H groups in total. The lowest BCUT2D eigenvalue weighted by Crippen LogP contribution is -2.50. The van der Waals surface area contributed by atoms with Gasteiger partial charge in [-0.25, -0.2) is 0 Å². The van der Waals surface area contributed by atoms with Gasteiger partial charge in [-0.3, -0.25) is 4.79 Å². The van der Waals surface area contributed by atoms with E-state index in [0.29, 0.717) is 6.54 Å². The second-order valence-electron chi connectivity index (χ2n) is 4.56. The molecule has 1 aliphatic rings. The number of hydrogen-bond acceptors (Lipinski definition) is 3. The minimum absolute atomic E-state index is 0.0228. The standard InChI is InChI=1S/C13H22N2O2/c1-2-6-12(14)13(17)15(9-10-16)11-7-4-3-5-8-11/h1,11-12,16H,3-10,14H2. The minimum atomic E-state index is -0.631. The van der Waals surface area contributed by atoms with Crippen LogP contribution in [0.15, 0.2) is 0 Å². The van der Waals surface area contributed by atoms with Crippen LogP contribution >= 0.6 is 0 Å². The van der Waals surface area contributed by atoms with Crippen LogP contribution in [-0.4, -0.2) is 41.1 Å². The summed E-state index contributed by atoms with van der Waals surface area (Å²) in [4.78, 5) is 13.8. The van der Waals surface area contributed by atoms with Gasteiger partial charge in [-0.2, -0.15) is 0 Å². The first-order valence-corrected chi connectivity index (χ1v) is 6.31. The van der Waals surface area contributed by atoms with Crippen molar-refractivity contribution in [2.75, 3.05) is 13.2 Å². The first kappa shape index (κ1) is 14.0. The minimum Gasteiger partial charge on any atom is -0.395 e. The maximum atomic E-state index is 12.1. The molecule has 0 aliphatic heterocycles. The van der Waals surface area contributed by atoms with Crippen LogP contribution in [0.5, 0.6) is 0 Å². The topological polar surface area (TPSA) is 66.6 Å². The third-order valence-corrected chi connectivity index (χ3v) is 3.29. The lowest BCUT2D eigenvalue weighted by atomic mass is 9.93. The molecule has 96 valence electrons. The van der Waals surface area contributed by atoms with Crippen LogP contribution in [0.4, 0.5) is 0 Å². The molecular weight excluding hydrogens is 216 g/mol. The molecule has 4 nitrogen and oxygen atoms in total. The highest BCUT2D eigenvalue weighted by atomic mass is 16.3. The molecule has 0 spiro atoms. The summed E-state index contributed by atoms with van der Waals surface area (Å²) in [6.07, 6.45) is 11.0. The Balaban J connectivity index is 2.63. The van der Waals surface area contributed by atoms with Gasteiger partial charge < -0.3 is 15.7 Å². The van der Waals surface area contributed by atoms with Gasteiger partial charge in [-0.1, -0.05) is 19.3 Å². The number of terminal acetylenes is 1. The average Bonchev–Trinajstić information content (AvgIpc) is 2.36. The van der Waals surface area contributed by atoms with Crippen molar-refractivity contribution in [2.24, 2.45) is 5.73 Å². The van der Waals surface area contributed by atoms with Crippen molar-refractivity contribution in [3.8, 4) is 12.3 Å². The molecule has 0 aromatic rings. The number of carbonyl (C=O) groups is 1. The zero-order valence-corrected chi connectivity index (χ0v) is 10.3. The lowest BCUT2D eigenvalue weighted by molar-refractivity contribution is -0.136. The molecule has 1 atom stereocenters. The summed E-state index contributed by atoms with van der Waals surface area (Å²) in [7, 11) is 0. The number of amides is 1. The van der Waals surface area contributed by atoms with Gasteiger partial charge in [0.25, 0.3) is 0 Å². The Morgan fingerprint density at radius 2 is 2.12 bits per heavy atom. The van der Waals surface area contributed by atoms with Crippen molar-refractivity contribution in [1.29, 1.82) is 0 Å². The Morgan fingerprint density at radius 3 is 2.65 bits per heavy atom. The smallest absolute Gasteiger partial charge is 0.240 e. The van der Waals surface area contributed by atoms with Crippen molar-refractivity contribution in [2.45, 2.75) is 50.6 Å². The fourth-order valence-electron chi connectivity index (χ4n) is 2.40. The Bertz CT molecular complexity index is 280. The van der Waals surface area contributed by atoms with Crippen molar-refractivity contribution < 1.29 is 9.90 Å². The fraction of sp³-hybridized carbons (Fsp3) is 0.769. The van der Waals surface area contributed by atoms with Crippen LogP contribution in [0, 0.1) is 12.3 Å². The SMILES string of the molecule is C#CCC(N)C(=O)N(CCO)C1CCCCC1. The predicted octanol–water partition coefficient (Wildman–Crippen LogP) is 0.491. The fourth-order valence-corrected chi connectivity index (χ4v) is 2.40. The molecule has 0 saturated heterocycles. The first-order chi connectivity index (χ1) is 8.20. The highest BCUT2D eigenvalue weighted by molar-refractivity contribution is 5.82. The largest absolute Gasteiger partial charge is 0.395 e. The van der Waals surface area contributed by atoms with Gasteiger partial charge in [-0.15, -0.1) is 12.3 Å². The summed E-state index contributed by atoms with van der Waals surface area (Å²) in [5.41, 5.74) is 5.75. The van der Waals surface area contributed by atoms with Gasteiger partial charge in [0.05, 0.1) is 12.6 Å². The molecule has 0 aromatic heterocycles. The molecule has 0 aromatic carbocycles. The molecule has 1 saturated carbocycles. The number of rotatable bonds is 5. The van der Waals surface area contributed by atoms with Crippen molar-refractivity contribution in [1.82, 2.24) is 4.90 Å². The van der Waals surface area contributed by atoms with E-state index in [9.17, 15) is 4.79 Å². The van der Waals surface area contributed by atoms with E-state index in [4.69, 9.17) is 17.3 Å². The van der Waals surface area contributed by atoms with Crippen LogP contribution in [0.2, 0.25) is 0 Å². The first-order valence-electron chi connectivity index (χ1n) is 6.31. The van der Waals surface area contributed by atoms with Crippen molar-refractivity contribution in [3.63, 3.8) is 0 Å². The van der Waals surface area contributed by atoms with E-state index in [1.165, 1.54) is 6.42 Å². The van der Waals surface area contributed by atoms with Crippen LogP contribution in [0.3, 0.4) is 0 Å². The maximum Gasteiger partial charge on any atom is 0.240 e. The second-order valence-corrected chi connectivity index (χ2v) is 4.56. The van der Waals surface area contributed by atoms with E-state index in [-0.39, 0.29) is 25.0 Å². The van der Waals surface area contributed by atoms with E-state index >= 15 is 0 Å². The summed E-state index contributed by atoms with van der Waals surface area (Å²) >= 11 is 0. The second kappa shape index (κ2) is 7.31. The van der Waals surface area contributed by atoms with Crippen LogP contribution in [-0.2, 0) is 4.79 Å². The van der Waals surface area contributed by atoms with E-state index in [1.54, 1.807) is 4.90 Å². The molecule has 0 bridgehead atoms. The molecule has 0 radical (unpaired) electrons. The predicted molar refractivity (Wildman–Crippen MR) is 67.1 cm³/mol. The lowest BCUT2D eigenvalue weighted by Gasteiger charge is -2.35. The van der Waals surface area contributed by atoms with Crippen LogP contribution < -0.4 is 5.73 Å². The Labute approximate surface area is 103 Å². The van der Waals surface area contributed by atoms with E-state index in [2.05, 4.69) is 5.92 Å². The number of carbonyl (C=O) groups excluding carboxylic acids is 1. The number of nitrogens with two attached hydrogens (primary N) is 1. The maximum absolute atomic E-state index is 12.1. The molecule has 1 aliphatic carbocycles. The van der Waals surface area contributed by atoms with Gasteiger partial charge in [0, 0.05) is 19.0 Å². The molecule has 1 unspecified atom stereocenters. The van der Waals surface area contributed by atoms with E-state index in [0.717, 1.165) is 25.7 Å². The third-order valence-electron chi connectivity index (χ3n) is 3.29. The third kappa shape index (κ3) is 4.03. The van der Waals surface area contributed by atoms with Crippen LogP contribution in [0.1, 0.15) is 38.5 Å². The van der Waals surface area contributed by atoms with Gasteiger partial charge in [0.2, 0.25) is 5.91 Å². The summed E-state index contributed by atoms with van der Waals surface area (Å²) in [6.45, 7) is 0.340. The summed E-state index contributed by atoms with van der Waals surface area (Å²) in [6, 6.07) is -0.402. The molecular formula is C13H22N2O2. The molecule has 1 fully saturated rings. The molecule has 1 amide bonds. The molecule has 17 heavy (non-hydrogen) atoms. The molecule has 0 heterocycles. The highest BCUT2D eigenvalue weighted by Gasteiger charge is 2.27. The average molecular weight is 238 g/mol. The normalized spacial score (nSPS) is 18.4. The number of hydrogen-bond donors (Lipinski definition) is 2. The molecule has 4 heteroatoms. The van der Waals surface area contributed by atoms with Crippen molar-refractivity contribution in [3.05, 3.63) is 0 Å². The number of aliphatic hydroxyl groups excluding tert-OH is 1. The van der Waals surface area contributed by atoms with Gasteiger partial charge >= 0.3 is 0 Å². The zero-order chi connectivity index (χ0) is 12.7. The molecule has 1 rings (SSSR count). The summed E-state index contributed by atoms with van der Waals surface area (Å²) in [5, 5.41) is 9.05. The van der Waals surface area contributed by atoms with Gasteiger partial charge in [0.15, 0.2) is 0 Å². The summed E-state index contributed by atoms with van der Waals surface area (Å²) in [5.74, 6) is 2.29. The van der Waals surface area contributed by atoms with Gasteiger partial charge in [0.1, 0.15) is 0 Å². The monoisotopic (exact) mass is 238 g/mol. The quantitative estimate of drug-likeness (QED) is 0.685. The van der Waals surface area contributed by atoms with Crippen LogP contribution in [0.25, 0.3) is 0 Å².